The number of nitrogens with zero attached hydrogens (tertiary/aromatic N) is 2. The molecule has 0 saturated heterocycles. The molecule has 0 radical (unpaired) electrons. The summed E-state index contributed by atoms with van der Waals surface area (Å²) in [5, 5.41) is 19.4. The number of pyridine rings is 1. The first-order chi connectivity index (χ1) is 7.81. The van der Waals surface area contributed by atoms with Crippen LogP contribution in [0.1, 0.15) is 5.56 Å². The lowest BCUT2D eigenvalue weighted by Crippen LogP contribution is -1.80. The number of fused-ring (bicyclic) bond motifs is 3. The fourth-order valence-electron chi connectivity index (χ4n) is 1.71. The maximum absolute atomic E-state index is 9.79. The number of rotatable bonds is 0. The minimum atomic E-state index is -0.149. The van der Waals surface area contributed by atoms with Crippen LogP contribution in [0.5, 0.6) is 5.75 Å². The van der Waals surface area contributed by atoms with Crippen molar-refractivity contribution >= 4 is 22.1 Å². The summed E-state index contributed by atoms with van der Waals surface area (Å²) in [6.45, 7) is 0. The molecule has 0 fully saturated rings. The lowest BCUT2D eigenvalue weighted by atomic mass is 10.2. The standard InChI is InChI=1S/C12H6N2O2/c13-5-7-6-14-10-8-3-1-2-4-9(8)16-12(10)11(7)15/h1-4,6H,(H,14,15). The van der Waals surface area contributed by atoms with Crippen LogP contribution in [0.4, 0.5) is 0 Å². The van der Waals surface area contributed by atoms with E-state index < -0.39 is 0 Å². The van der Waals surface area contributed by atoms with Crippen LogP contribution < -0.4 is 0 Å². The van der Waals surface area contributed by atoms with Crippen LogP contribution in [0.15, 0.2) is 34.9 Å². The Morgan fingerprint density at radius 2 is 2.12 bits per heavy atom. The van der Waals surface area contributed by atoms with Crippen molar-refractivity contribution in [1.29, 1.82) is 5.26 Å². The van der Waals surface area contributed by atoms with Crippen LogP contribution in [0.3, 0.4) is 0 Å². The minimum Gasteiger partial charge on any atom is -0.503 e. The largest absolute Gasteiger partial charge is 0.503 e. The second kappa shape index (κ2) is 2.97. The normalized spacial score (nSPS) is 10.7. The number of furan rings is 1. The molecular weight excluding hydrogens is 204 g/mol. The number of aromatic hydroxyl groups is 1. The smallest absolute Gasteiger partial charge is 0.196 e. The molecule has 16 heavy (non-hydrogen) atoms. The van der Waals surface area contributed by atoms with Crippen LogP contribution in [0.2, 0.25) is 0 Å². The molecule has 0 atom stereocenters. The van der Waals surface area contributed by atoms with Crippen LogP contribution in [-0.4, -0.2) is 10.1 Å². The molecule has 1 N–H and O–H groups in total. The number of hydrogen-bond acceptors (Lipinski definition) is 4. The van der Waals surface area contributed by atoms with Crippen molar-refractivity contribution in [3.63, 3.8) is 0 Å². The molecule has 0 aliphatic heterocycles. The Labute approximate surface area is 90.4 Å². The Morgan fingerprint density at radius 1 is 1.31 bits per heavy atom. The van der Waals surface area contributed by atoms with E-state index in [1.807, 2.05) is 24.3 Å². The molecule has 2 aromatic heterocycles. The van der Waals surface area contributed by atoms with Gasteiger partial charge in [-0.3, -0.25) is 4.98 Å². The first-order valence-electron chi connectivity index (χ1n) is 4.70. The van der Waals surface area contributed by atoms with E-state index in [1.54, 1.807) is 6.07 Å². The average Bonchev–Trinajstić information content (AvgIpc) is 2.69. The zero-order valence-corrected chi connectivity index (χ0v) is 8.14. The molecule has 0 spiro atoms. The Hall–Kier alpha value is -2.54. The highest BCUT2D eigenvalue weighted by Crippen LogP contribution is 2.33. The maximum atomic E-state index is 9.79. The third-order valence-electron chi connectivity index (χ3n) is 2.48. The van der Waals surface area contributed by atoms with E-state index >= 15 is 0 Å². The molecule has 0 aliphatic rings. The first kappa shape index (κ1) is 8.74. The van der Waals surface area contributed by atoms with Gasteiger partial charge in [-0.2, -0.15) is 5.26 Å². The molecule has 3 aromatic rings. The first-order valence-corrected chi connectivity index (χ1v) is 4.70. The van der Waals surface area contributed by atoms with Gasteiger partial charge in [-0.25, -0.2) is 0 Å². The van der Waals surface area contributed by atoms with E-state index in [0.717, 1.165) is 5.39 Å². The second-order valence-corrected chi connectivity index (χ2v) is 3.41. The van der Waals surface area contributed by atoms with Gasteiger partial charge in [-0.15, -0.1) is 0 Å². The average molecular weight is 210 g/mol. The Morgan fingerprint density at radius 3 is 2.94 bits per heavy atom. The molecule has 4 heteroatoms. The van der Waals surface area contributed by atoms with Crippen molar-refractivity contribution in [3.8, 4) is 11.8 Å². The highest BCUT2D eigenvalue weighted by atomic mass is 16.4. The number of nitriles is 1. The third-order valence-corrected chi connectivity index (χ3v) is 2.48. The van der Waals surface area contributed by atoms with E-state index in [4.69, 9.17) is 9.68 Å². The predicted octanol–water partition coefficient (Wildman–Crippen LogP) is 2.56. The van der Waals surface area contributed by atoms with Crippen molar-refractivity contribution in [2.45, 2.75) is 0 Å². The quantitative estimate of drug-likeness (QED) is 0.619. The summed E-state index contributed by atoms with van der Waals surface area (Å²) >= 11 is 0. The monoisotopic (exact) mass is 210 g/mol. The summed E-state index contributed by atoms with van der Waals surface area (Å²) < 4.78 is 5.46. The number of para-hydroxylation sites is 1. The van der Waals surface area contributed by atoms with Gasteiger partial charge in [0.05, 0.1) is 0 Å². The van der Waals surface area contributed by atoms with Gasteiger partial charge in [0.15, 0.2) is 11.3 Å². The van der Waals surface area contributed by atoms with Crippen molar-refractivity contribution in [3.05, 3.63) is 36.0 Å². The fraction of sp³-hybridized carbons (Fsp3) is 0. The number of aromatic nitrogens is 1. The van der Waals surface area contributed by atoms with Gasteiger partial charge in [0.25, 0.3) is 0 Å². The molecule has 1 aromatic carbocycles. The lowest BCUT2D eigenvalue weighted by molar-refractivity contribution is 0.466. The minimum absolute atomic E-state index is 0.117. The summed E-state index contributed by atoms with van der Waals surface area (Å²) in [6, 6.07) is 9.22. The molecule has 0 bridgehead atoms. The van der Waals surface area contributed by atoms with Crippen molar-refractivity contribution in [2.24, 2.45) is 0 Å². The summed E-state index contributed by atoms with van der Waals surface area (Å²) in [6.07, 6.45) is 1.35. The molecule has 0 saturated carbocycles. The number of hydrogen-bond donors (Lipinski definition) is 1. The molecule has 76 valence electrons. The summed E-state index contributed by atoms with van der Waals surface area (Å²) in [5.74, 6) is -0.149. The van der Waals surface area contributed by atoms with Gasteiger partial charge < -0.3 is 9.52 Å². The predicted molar refractivity (Wildman–Crippen MR) is 57.9 cm³/mol. The Kier molecular flexibility index (Phi) is 1.62. The topological polar surface area (TPSA) is 70.0 Å². The van der Waals surface area contributed by atoms with E-state index in [2.05, 4.69) is 4.98 Å². The highest BCUT2D eigenvalue weighted by molar-refractivity contribution is 6.04. The molecule has 0 unspecified atom stereocenters. The van der Waals surface area contributed by atoms with Gasteiger partial charge in [0, 0.05) is 11.6 Å². The van der Waals surface area contributed by atoms with E-state index in [9.17, 15) is 5.11 Å². The molecular formula is C12H6N2O2. The van der Waals surface area contributed by atoms with E-state index in [0.29, 0.717) is 11.1 Å². The van der Waals surface area contributed by atoms with Crippen LogP contribution in [0, 0.1) is 11.3 Å². The van der Waals surface area contributed by atoms with Crippen LogP contribution in [-0.2, 0) is 0 Å². The molecule has 3 rings (SSSR count). The molecule has 0 aliphatic carbocycles. The van der Waals surface area contributed by atoms with Crippen molar-refractivity contribution in [2.75, 3.05) is 0 Å². The zero-order valence-electron chi connectivity index (χ0n) is 8.14. The van der Waals surface area contributed by atoms with Gasteiger partial charge in [-0.1, -0.05) is 12.1 Å². The van der Waals surface area contributed by atoms with Crippen molar-refractivity contribution in [1.82, 2.24) is 4.98 Å². The Balaban J connectivity index is 2.56. The number of benzene rings is 1. The fourth-order valence-corrected chi connectivity index (χ4v) is 1.71. The molecule has 0 amide bonds. The lowest BCUT2D eigenvalue weighted by Gasteiger charge is -1.94. The SMILES string of the molecule is N#Cc1cnc2c(oc3ccccc32)c1O. The van der Waals surface area contributed by atoms with Crippen LogP contribution >= 0.6 is 0 Å². The summed E-state index contributed by atoms with van der Waals surface area (Å²) in [7, 11) is 0. The van der Waals surface area contributed by atoms with Crippen LogP contribution in [0.25, 0.3) is 22.1 Å². The molecule has 2 heterocycles. The summed E-state index contributed by atoms with van der Waals surface area (Å²) in [5.41, 5.74) is 1.61. The second-order valence-electron chi connectivity index (χ2n) is 3.41. The van der Waals surface area contributed by atoms with Gasteiger partial charge in [0.2, 0.25) is 0 Å². The third kappa shape index (κ3) is 0.997. The Bertz CT molecular complexity index is 738. The van der Waals surface area contributed by atoms with Gasteiger partial charge >= 0.3 is 0 Å². The van der Waals surface area contributed by atoms with Gasteiger partial charge in [0.1, 0.15) is 22.7 Å². The molecule has 4 nitrogen and oxygen atoms in total. The zero-order chi connectivity index (χ0) is 11.1. The van der Waals surface area contributed by atoms with E-state index in [1.165, 1.54) is 6.20 Å². The van der Waals surface area contributed by atoms with Gasteiger partial charge in [-0.05, 0) is 12.1 Å². The summed E-state index contributed by atoms with van der Waals surface area (Å²) in [4.78, 5) is 4.12. The van der Waals surface area contributed by atoms with E-state index in [-0.39, 0.29) is 16.9 Å². The highest BCUT2D eigenvalue weighted by Gasteiger charge is 2.14. The van der Waals surface area contributed by atoms with Crippen molar-refractivity contribution < 1.29 is 9.52 Å². The maximum Gasteiger partial charge on any atom is 0.196 e.